The van der Waals surface area contributed by atoms with E-state index in [1.54, 1.807) is 42.5 Å². The Bertz CT molecular complexity index is 1130. The number of carboxylic acid groups (broad SMARTS) is 1. The molecule has 0 unspecified atom stereocenters. The highest BCUT2D eigenvalue weighted by atomic mass is 16.4. The number of aromatic hydroxyl groups is 1. The van der Waals surface area contributed by atoms with Gasteiger partial charge in [0.25, 0.3) is 0 Å². The van der Waals surface area contributed by atoms with Crippen LogP contribution in [-0.2, 0) is 36.8 Å². The van der Waals surface area contributed by atoms with Crippen LogP contribution in [0.5, 0.6) is 5.75 Å². The van der Waals surface area contributed by atoms with E-state index >= 15 is 0 Å². The highest BCUT2D eigenvalue weighted by molar-refractivity contribution is 5.95. The van der Waals surface area contributed by atoms with E-state index in [1.165, 1.54) is 12.1 Å². The number of carbonyl (C=O) groups is 5. The van der Waals surface area contributed by atoms with E-state index in [1.807, 2.05) is 0 Å². The van der Waals surface area contributed by atoms with Crippen molar-refractivity contribution in [1.29, 1.82) is 0 Å². The summed E-state index contributed by atoms with van der Waals surface area (Å²) in [5, 5.41) is 35.1. The Hall–Kier alpha value is -4.49. The van der Waals surface area contributed by atoms with Gasteiger partial charge in [-0.2, -0.15) is 0 Å². The summed E-state index contributed by atoms with van der Waals surface area (Å²) in [5.74, 6) is -4.95. The van der Waals surface area contributed by atoms with E-state index in [0.29, 0.717) is 11.1 Å². The second-order valence-electron chi connectivity index (χ2n) is 8.53. The minimum atomic E-state index is -1.53. The van der Waals surface area contributed by atoms with Gasteiger partial charge in [0.1, 0.15) is 23.9 Å². The Morgan fingerprint density at radius 2 is 1.26 bits per heavy atom. The van der Waals surface area contributed by atoms with Gasteiger partial charge in [0.05, 0.1) is 19.1 Å². The maximum Gasteiger partial charge on any atom is 0.305 e. The predicted molar refractivity (Wildman–Crippen MR) is 134 cm³/mol. The van der Waals surface area contributed by atoms with Crippen molar-refractivity contribution in [3.8, 4) is 5.75 Å². The Morgan fingerprint density at radius 3 is 1.82 bits per heavy atom. The van der Waals surface area contributed by atoms with Crippen molar-refractivity contribution >= 4 is 29.6 Å². The molecule has 0 aliphatic carbocycles. The van der Waals surface area contributed by atoms with Crippen LogP contribution in [0.1, 0.15) is 17.5 Å². The third-order valence-corrected chi connectivity index (χ3v) is 5.50. The van der Waals surface area contributed by atoms with Crippen molar-refractivity contribution < 1.29 is 39.3 Å². The van der Waals surface area contributed by atoms with Gasteiger partial charge in [0.2, 0.25) is 23.6 Å². The summed E-state index contributed by atoms with van der Waals surface area (Å²) in [7, 11) is 0. The Kier molecular flexibility index (Phi) is 11.2. The van der Waals surface area contributed by atoms with Crippen molar-refractivity contribution in [1.82, 2.24) is 16.0 Å². The number of aliphatic carboxylic acids is 1. The highest BCUT2D eigenvalue weighted by Gasteiger charge is 2.30. The lowest BCUT2D eigenvalue weighted by Gasteiger charge is -2.24. The summed E-state index contributed by atoms with van der Waals surface area (Å²) in [6.07, 6.45) is -0.728. The van der Waals surface area contributed by atoms with E-state index in [4.69, 9.17) is 16.6 Å². The summed E-state index contributed by atoms with van der Waals surface area (Å²) >= 11 is 0. The minimum absolute atomic E-state index is 0.0444. The van der Waals surface area contributed by atoms with Crippen LogP contribution >= 0.6 is 0 Å². The lowest BCUT2D eigenvalue weighted by Crippen LogP contribution is -2.59. The number of hydrogen-bond donors (Lipinski definition) is 8. The number of carbonyl (C=O) groups excluding carboxylic acids is 4. The van der Waals surface area contributed by atoms with Gasteiger partial charge in [-0.3, -0.25) is 24.0 Å². The first-order chi connectivity index (χ1) is 18.0. The number of carboxylic acids is 1. The van der Waals surface area contributed by atoms with Gasteiger partial charge in [0.15, 0.2) is 0 Å². The van der Waals surface area contributed by atoms with Gasteiger partial charge in [-0.15, -0.1) is 0 Å². The molecular weight excluding hydrogens is 498 g/mol. The molecule has 0 saturated heterocycles. The van der Waals surface area contributed by atoms with Gasteiger partial charge in [-0.1, -0.05) is 42.5 Å². The topological polar surface area (TPSA) is 234 Å². The molecule has 2 aromatic carbocycles. The zero-order chi connectivity index (χ0) is 28.2. The van der Waals surface area contributed by atoms with Crippen LogP contribution in [0.3, 0.4) is 0 Å². The molecule has 13 heteroatoms. The Balaban J connectivity index is 2.12. The number of amides is 4. The van der Waals surface area contributed by atoms with Crippen LogP contribution in [0.25, 0.3) is 0 Å². The van der Waals surface area contributed by atoms with Gasteiger partial charge < -0.3 is 42.7 Å². The van der Waals surface area contributed by atoms with E-state index < -0.39 is 66.8 Å². The molecule has 0 aliphatic rings. The van der Waals surface area contributed by atoms with Crippen molar-refractivity contribution in [2.24, 2.45) is 11.5 Å². The molecule has 0 fully saturated rings. The molecule has 204 valence electrons. The number of rotatable bonds is 14. The average Bonchev–Trinajstić information content (AvgIpc) is 2.87. The molecule has 0 radical (unpaired) electrons. The van der Waals surface area contributed by atoms with Gasteiger partial charge >= 0.3 is 5.97 Å². The predicted octanol–water partition coefficient (Wildman–Crippen LogP) is -2.09. The third kappa shape index (κ3) is 9.52. The fraction of sp³-hybridized carbons (Fsp3) is 0.320. The first-order valence-electron chi connectivity index (χ1n) is 11.6. The van der Waals surface area contributed by atoms with Crippen LogP contribution in [0, 0.1) is 0 Å². The largest absolute Gasteiger partial charge is 0.508 e. The maximum atomic E-state index is 12.9. The quantitative estimate of drug-likeness (QED) is 0.134. The molecule has 0 aromatic heterocycles. The van der Waals surface area contributed by atoms with Crippen LogP contribution in [-0.4, -0.2) is 75.7 Å². The molecule has 38 heavy (non-hydrogen) atoms. The number of nitrogens with one attached hydrogen (secondary N) is 3. The summed E-state index contributed by atoms with van der Waals surface area (Å²) in [6, 6.07) is 9.15. The second kappa shape index (κ2) is 14.3. The maximum absolute atomic E-state index is 12.9. The van der Waals surface area contributed by atoms with E-state index in [2.05, 4.69) is 16.0 Å². The number of phenols is 1. The normalized spacial score (nSPS) is 13.8. The van der Waals surface area contributed by atoms with Crippen LogP contribution in [0.2, 0.25) is 0 Å². The smallest absolute Gasteiger partial charge is 0.305 e. The Morgan fingerprint density at radius 1 is 0.737 bits per heavy atom. The van der Waals surface area contributed by atoms with Crippen LogP contribution in [0.15, 0.2) is 54.6 Å². The second-order valence-corrected chi connectivity index (χ2v) is 8.53. The molecular formula is C25H31N5O8. The molecule has 0 bridgehead atoms. The first kappa shape index (κ1) is 29.7. The number of benzene rings is 2. The zero-order valence-corrected chi connectivity index (χ0v) is 20.4. The Labute approximate surface area is 218 Å². The molecule has 4 amide bonds. The number of primary amides is 1. The molecule has 0 aliphatic heterocycles. The van der Waals surface area contributed by atoms with Gasteiger partial charge in [0, 0.05) is 6.42 Å². The van der Waals surface area contributed by atoms with Crippen LogP contribution in [0.4, 0.5) is 0 Å². The van der Waals surface area contributed by atoms with Crippen LogP contribution < -0.4 is 27.4 Å². The molecule has 4 atom stereocenters. The first-order valence-corrected chi connectivity index (χ1v) is 11.6. The van der Waals surface area contributed by atoms with E-state index in [9.17, 15) is 34.2 Å². The summed E-state index contributed by atoms with van der Waals surface area (Å²) in [4.78, 5) is 61.0. The molecule has 2 rings (SSSR count). The molecule has 0 saturated carbocycles. The van der Waals surface area contributed by atoms with E-state index in [0.717, 1.165) is 0 Å². The van der Waals surface area contributed by atoms with Crippen molar-refractivity contribution in [2.75, 3.05) is 6.61 Å². The average molecular weight is 530 g/mol. The van der Waals surface area contributed by atoms with Gasteiger partial charge in [-0.05, 0) is 29.7 Å². The lowest BCUT2D eigenvalue weighted by molar-refractivity contribution is -0.140. The molecule has 10 N–H and O–H groups in total. The number of aliphatic hydroxyl groups excluding tert-OH is 1. The molecule has 2 aromatic rings. The van der Waals surface area contributed by atoms with E-state index in [-0.39, 0.29) is 18.6 Å². The molecule has 0 heterocycles. The fourth-order valence-electron chi connectivity index (χ4n) is 3.45. The van der Waals surface area contributed by atoms with Crippen molar-refractivity contribution in [2.45, 2.75) is 43.4 Å². The SMILES string of the molecule is NC(=O)[C@H](CC(=O)O)NC(=O)[C@H](Cc1ccccc1)NC(=O)[C@@H](CO)NC(=O)[C@@H](N)Cc1ccc(O)cc1. The third-order valence-electron chi connectivity index (χ3n) is 5.50. The number of hydrogen-bond acceptors (Lipinski definition) is 8. The summed E-state index contributed by atoms with van der Waals surface area (Å²) < 4.78 is 0. The fourth-order valence-corrected chi connectivity index (χ4v) is 3.45. The van der Waals surface area contributed by atoms with Crippen molar-refractivity contribution in [3.63, 3.8) is 0 Å². The van der Waals surface area contributed by atoms with Gasteiger partial charge in [-0.25, -0.2) is 0 Å². The highest BCUT2D eigenvalue weighted by Crippen LogP contribution is 2.11. The molecule has 0 spiro atoms. The van der Waals surface area contributed by atoms with Crippen molar-refractivity contribution in [3.05, 3.63) is 65.7 Å². The molecule has 13 nitrogen and oxygen atoms in total. The zero-order valence-electron chi connectivity index (χ0n) is 20.4. The number of nitrogens with two attached hydrogens (primary N) is 2. The number of phenolic OH excluding ortho intramolecular Hbond substituents is 1. The summed E-state index contributed by atoms with van der Waals surface area (Å²) in [6.45, 7) is -0.813. The monoisotopic (exact) mass is 529 g/mol. The lowest BCUT2D eigenvalue weighted by atomic mass is 10.0. The standard InChI is InChI=1S/C25H31N5O8/c26-17(10-15-6-8-16(32)9-7-15)23(36)30-20(13-31)25(38)29-19(11-14-4-2-1-3-5-14)24(37)28-18(22(27)35)12-21(33)34/h1-9,17-20,31-32H,10-13,26H2,(H2,27,35)(H,28,37)(H,29,38)(H,30,36)(H,33,34)/t17-,18-,19-,20+/m0/s1. The summed E-state index contributed by atoms with van der Waals surface area (Å²) in [5.41, 5.74) is 12.4. The minimum Gasteiger partial charge on any atom is -0.508 e. The number of aliphatic hydroxyl groups is 1.